The molecule has 0 aromatic carbocycles. The molecule has 0 spiro atoms. The first kappa shape index (κ1) is 9.39. The largest absolute Gasteiger partial charge is 0.478 e. The first-order valence-corrected chi connectivity index (χ1v) is 4.20. The summed E-state index contributed by atoms with van der Waals surface area (Å²) in [4.78, 5) is 14.3. The molecule has 15 heavy (non-hydrogen) atoms. The van der Waals surface area contributed by atoms with Crippen LogP contribution >= 0.6 is 0 Å². The van der Waals surface area contributed by atoms with Crippen LogP contribution < -0.4 is 0 Å². The number of nitrogens with zero attached hydrogens (tertiary/aromatic N) is 2. The second kappa shape index (κ2) is 3.53. The summed E-state index contributed by atoms with van der Waals surface area (Å²) in [5.74, 6) is -1.41. The number of halogens is 1. The van der Waals surface area contributed by atoms with Crippen molar-refractivity contribution in [2.24, 2.45) is 0 Å². The van der Waals surface area contributed by atoms with Gasteiger partial charge in [-0.15, -0.1) is 0 Å². The second-order valence-electron chi connectivity index (χ2n) is 2.95. The molecular weight excluding hydrogens is 199 g/mol. The van der Waals surface area contributed by atoms with Crippen LogP contribution in [0.25, 0.3) is 11.7 Å². The lowest BCUT2D eigenvalue weighted by atomic mass is 10.4. The number of pyridine rings is 1. The topological polar surface area (TPSA) is 54.6 Å². The van der Waals surface area contributed by atoms with Gasteiger partial charge in [0.05, 0.1) is 5.69 Å². The Kier molecular flexibility index (Phi) is 2.21. The first-order valence-electron chi connectivity index (χ1n) is 4.20. The summed E-state index contributed by atoms with van der Waals surface area (Å²) in [6, 6.07) is 2.82. The third-order valence-corrected chi connectivity index (χ3v) is 1.83. The number of aliphatic carboxylic acids is 1. The normalized spacial score (nSPS) is 11.3. The molecule has 0 saturated carbocycles. The Labute approximate surface area is 84.3 Å². The Balaban J connectivity index is 2.43. The lowest BCUT2D eigenvalue weighted by molar-refractivity contribution is -0.131. The van der Waals surface area contributed by atoms with Gasteiger partial charge < -0.3 is 9.51 Å². The minimum Gasteiger partial charge on any atom is -0.478 e. The van der Waals surface area contributed by atoms with Crippen molar-refractivity contribution in [1.29, 1.82) is 0 Å². The molecule has 0 atom stereocenters. The minimum atomic E-state index is -1.04. The van der Waals surface area contributed by atoms with Gasteiger partial charge >= 0.3 is 5.97 Å². The molecule has 0 fully saturated rings. The first-order chi connectivity index (χ1) is 7.15. The summed E-state index contributed by atoms with van der Waals surface area (Å²) < 4.78 is 14.3. The molecule has 5 heteroatoms. The predicted octanol–water partition coefficient (Wildman–Crippen LogP) is 1.57. The molecule has 0 unspecified atom stereocenters. The molecule has 0 amide bonds. The highest BCUT2D eigenvalue weighted by Crippen LogP contribution is 2.07. The standard InChI is InChI=1S/C10H7FN2O2/c11-7-1-3-9-12-8(2-4-10(14)15)6-13(9)5-7/h1-6H,(H,14,15)/b4-2+. The van der Waals surface area contributed by atoms with Crippen molar-refractivity contribution in [1.82, 2.24) is 9.38 Å². The molecular formula is C10H7FN2O2. The van der Waals surface area contributed by atoms with Crippen LogP contribution in [0.1, 0.15) is 5.69 Å². The maximum atomic E-state index is 12.8. The molecule has 0 aliphatic carbocycles. The van der Waals surface area contributed by atoms with Gasteiger partial charge in [-0.2, -0.15) is 0 Å². The Morgan fingerprint density at radius 2 is 2.27 bits per heavy atom. The van der Waals surface area contributed by atoms with Gasteiger partial charge in [0.2, 0.25) is 0 Å². The number of aromatic nitrogens is 2. The molecule has 2 heterocycles. The van der Waals surface area contributed by atoms with Crippen LogP contribution in [-0.2, 0) is 4.79 Å². The van der Waals surface area contributed by atoms with E-state index in [0.717, 1.165) is 6.08 Å². The van der Waals surface area contributed by atoms with E-state index in [9.17, 15) is 9.18 Å². The lowest BCUT2D eigenvalue weighted by Gasteiger charge is -1.90. The molecule has 0 aliphatic rings. The fourth-order valence-electron chi connectivity index (χ4n) is 1.22. The van der Waals surface area contributed by atoms with E-state index in [-0.39, 0.29) is 5.82 Å². The van der Waals surface area contributed by atoms with Gasteiger partial charge in [0.15, 0.2) is 0 Å². The van der Waals surface area contributed by atoms with Crippen molar-refractivity contribution < 1.29 is 14.3 Å². The van der Waals surface area contributed by atoms with Crippen molar-refractivity contribution >= 4 is 17.7 Å². The van der Waals surface area contributed by atoms with Crippen LogP contribution in [0.15, 0.2) is 30.6 Å². The fraction of sp³-hybridized carbons (Fsp3) is 0. The number of imidazole rings is 1. The van der Waals surface area contributed by atoms with E-state index in [1.807, 2.05) is 0 Å². The van der Waals surface area contributed by atoms with Crippen LogP contribution in [0.2, 0.25) is 0 Å². The lowest BCUT2D eigenvalue weighted by Crippen LogP contribution is -1.85. The molecule has 2 rings (SSSR count). The highest BCUT2D eigenvalue weighted by molar-refractivity contribution is 5.84. The zero-order valence-corrected chi connectivity index (χ0v) is 7.59. The highest BCUT2D eigenvalue weighted by Gasteiger charge is 1.99. The number of carboxylic acids is 1. The molecule has 0 bridgehead atoms. The van der Waals surface area contributed by atoms with E-state index in [1.54, 1.807) is 6.20 Å². The highest BCUT2D eigenvalue weighted by atomic mass is 19.1. The van der Waals surface area contributed by atoms with Gasteiger partial charge in [-0.3, -0.25) is 0 Å². The number of carbonyl (C=O) groups is 1. The van der Waals surface area contributed by atoms with E-state index < -0.39 is 5.97 Å². The number of fused-ring (bicyclic) bond motifs is 1. The summed E-state index contributed by atoms with van der Waals surface area (Å²) >= 11 is 0. The van der Waals surface area contributed by atoms with Crippen LogP contribution in [0.3, 0.4) is 0 Å². The van der Waals surface area contributed by atoms with Crippen molar-refractivity contribution in [2.75, 3.05) is 0 Å². The Bertz CT molecular complexity index is 545. The third-order valence-electron chi connectivity index (χ3n) is 1.83. The van der Waals surface area contributed by atoms with Gasteiger partial charge in [-0.1, -0.05) is 0 Å². The Morgan fingerprint density at radius 3 is 3.00 bits per heavy atom. The molecule has 2 aromatic heterocycles. The average molecular weight is 206 g/mol. The minimum absolute atomic E-state index is 0.367. The monoisotopic (exact) mass is 206 g/mol. The van der Waals surface area contributed by atoms with Crippen LogP contribution in [0.4, 0.5) is 4.39 Å². The van der Waals surface area contributed by atoms with E-state index in [0.29, 0.717) is 11.3 Å². The number of carboxylic acid groups (broad SMARTS) is 1. The van der Waals surface area contributed by atoms with Crippen LogP contribution in [-0.4, -0.2) is 20.5 Å². The summed E-state index contributed by atoms with van der Waals surface area (Å²) in [5.41, 5.74) is 1.05. The molecule has 1 N–H and O–H groups in total. The zero-order valence-electron chi connectivity index (χ0n) is 7.59. The maximum absolute atomic E-state index is 12.8. The molecule has 0 saturated heterocycles. The quantitative estimate of drug-likeness (QED) is 0.759. The number of rotatable bonds is 2. The van der Waals surface area contributed by atoms with E-state index in [4.69, 9.17) is 5.11 Å². The predicted molar refractivity (Wildman–Crippen MR) is 51.8 cm³/mol. The summed E-state index contributed by atoms with van der Waals surface area (Å²) in [7, 11) is 0. The third kappa shape index (κ3) is 2.01. The van der Waals surface area contributed by atoms with Gasteiger partial charge in [-0.25, -0.2) is 14.2 Å². The van der Waals surface area contributed by atoms with Crippen LogP contribution in [0.5, 0.6) is 0 Å². The van der Waals surface area contributed by atoms with Gasteiger partial charge in [0.1, 0.15) is 11.5 Å². The second-order valence-corrected chi connectivity index (χ2v) is 2.95. The van der Waals surface area contributed by atoms with Crippen LogP contribution in [0, 0.1) is 5.82 Å². The molecule has 2 aromatic rings. The maximum Gasteiger partial charge on any atom is 0.328 e. The molecule has 76 valence electrons. The van der Waals surface area contributed by atoms with Gasteiger partial charge in [-0.05, 0) is 18.2 Å². The van der Waals surface area contributed by atoms with Crippen molar-refractivity contribution in [2.45, 2.75) is 0 Å². The summed E-state index contributed by atoms with van der Waals surface area (Å²) in [6.45, 7) is 0. The molecule has 4 nitrogen and oxygen atoms in total. The Hall–Kier alpha value is -2.17. The zero-order chi connectivity index (χ0) is 10.8. The van der Waals surface area contributed by atoms with E-state index >= 15 is 0 Å². The average Bonchev–Trinajstić information content (AvgIpc) is 2.56. The number of hydrogen-bond acceptors (Lipinski definition) is 2. The summed E-state index contributed by atoms with van der Waals surface area (Å²) in [5, 5.41) is 8.41. The molecule has 0 radical (unpaired) electrons. The van der Waals surface area contributed by atoms with Crippen molar-refractivity contribution in [3.05, 3.63) is 42.1 Å². The Morgan fingerprint density at radius 1 is 1.47 bits per heavy atom. The SMILES string of the molecule is O=C(O)/C=C/c1cn2cc(F)ccc2n1. The smallest absolute Gasteiger partial charge is 0.328 e. The van der Waals surface area contributed by atoms with E-state index in [2.05, 4.69) is 4.98 Å². The van der Waals surface area contributed by atoms with Gasteiger partial charge in [0, 0.05) is 18.5 Å². The van der Waals surface area contributed by atoms with Crippen molar-refractivity contribution in [3.8, 4) is 0 Å². The van der Waals surface area contributed by atoms with E-state index in [1.165, 1.54) is 28.8 Å². The fourth-order valence-corrected chi connectivity index (χ4v) is 1.22. The van der Waals surface area contributed by atoms with Crippen molar-refractivity contribution in [3.63, 3.8) is 0 Å². The van der Waals surface area contributed by atoms with Gasteiger partial charge in [0.25, 0.3) is 0 Å². The molecule has 0 aliphatic heterocycles. The number of hydrogen-bond donors (Lipinski definition) is 1. The summed E-state index contributed by atoms with van der Waals surface area (Å²) in [6.07, 6.45) is 5.17.